The van der Waals surface area contributed by atoms with Crippen molar-refractivity contribution >= 4 is 21.4 Å². The molecule has 21 heavy (non-hydrogen) atoms. The highest BCUT2D eigenvalue weighted by Crippen LogP contribution is 2.25. The van der Waals surface area contributed by atoms with E-state index in [4.69, 9.17) is 4.74 Å². The molecule has 0 radical (unpaired) electrons. The molecular weight excluding hydrogens is 298 g/mol. The van der Waals surface area contributed by atoms with Gasteiger partial charge >= 0.3 is 0 Å². The third-order valence-corrected chi connectivity index (χ3v) is 4.21. The Kier molecular flexibility index (Phi) is 6.53. The van der Waals surface area contributed by atoms with Gasteiger partial charge in [-0.3, -0.25) is 10.1 Å². The normalized spacial score (nSPS) is 11.3. The molecule has 0 aliphatic heterocycles. The molecule has 118 valence electrons. The van der Waals surface area contributed by atoms with Gasteiger partial charge in [-0.25, -0.2) is 13.1 Å². The van der Waals surface area contributed by atoms with Gasteiger partial charge in [0.25, 0.3) is 5.69 Å². The van der Waals surface area contributed by atoms with Crippen molar-refractivity contribution in [3.8, 4) is 0 Å². The summed E-state index contributed by atoms with van der Waals surface area (Å²) in [5.41, 5.74) is 0.0103. The van der Waals surface area contributed by atoms with Crippen LogP contribution in [0.1, 0.15) is 13.3 Å². The first-order chi connectivity index (χ1) is 9.92. The van der Waals surface area contributed by atoms with E-state index in [1.807, 2.05) is 6.92 Å². The average molecular weight is 317 g/mol. The van der Waals surface area contributed by atoms with Crippen LogP contribution in [0.4, 0.5) is 11.4 Å². The number of non-ortho nitro benzene ring substituents is 1. The molecule has 0 aromatic heterocycles. The quantitative estimate of drug-likeness (QED) is 0.404. The molecule has 0 aliphatic carbocycles. The SMILES string of the molecule is CCOCCCNS(=O)(=O)c1ccc([N+](=O)[O-])cc1NC. The van der Waals surface area contributed by atoms with Gasteiger partial charge in [0.05, 0.1) is 10.6 Å². The summed E-state index contributed by atoms with van der Waals surface area (Å²) in [6.07, 6.45) is 0.551. The highest BCUT2D eigenvalue weighted by molar-refractivity contribution is 7.89. The Labute approximate surface area is 123 Å². The molecule has 1 rings (SSSR count). The Morgan fingerprint density at radius 3 is 2.67 bits per heavy atom. The van der Waals surface area contributed by atoms with Crippen molar-refractivity contribution in [1.29, 1.82) is 0 Å². The van der Waals surface area contributed by atoms with Crippen LogP contribution >= 0.6 is 0 Å². The molecule has 0 fully saturated rings. The molecule has 0 aliphatic rings. The Bertz CT molecular complexity index is 589. The standard InChI is InChI=1S/C12H19N3O5S/c1-3-20-8-4-7-14-21(18,19)12-6-5-10(15(16)17)9-11(12)13-2/h5-6,9,13-14H,3-4,7-8H2,1-2H3. The fraction of sp³-hybridized carbons (Fsp3) is 0.500. The summed E-state index contributed by atoms with van der Waals surface area (Å²) >= 11 is 0. The van der Waals surface area contributed by atoms with Crippen LogP contribution < -0.4 is 10.0 Å². The van der Waals surface area contributed by atoms with Crippen LogP contribution in [0.15, 0.2) is 23.1 Å². The van der Waals surface area contributed by atoms with Gasteiger partial charge in [0, 0.05) is 38.9 Å². The molecule has 0 amide bonds. The van der Waals surface area contributed by atoms with Gasteiger partial charge in [0.15, 0.2) is 0 Å². The lowest BCUT2D eigenvalue weighted by Crippen LogP contribution is -2.26. The number of sulfonamides is 1. The minimum atomic E-state index is -3.72. The fourth-order valence-corrected chi connectivity index (χ4v) is 2.93. The molecule has 1 aromatic carbocycles. The maximum atomic E-state index is 12.2. The van der Waals surface area contributed by atoms with Gasteiger partial charge < -0.3 is 10.1 Å². The molecule has 8 nitrogen and oxygen atoms in total. The van der Waals surface area contributed by atoms with Crippen molar-refractivity contribution < 1.29 is 18.1 Å². The van der Waals surface area contributed by atoms with E-state index < -0.39 is 14.9 Å². The van der Waals surface area contributed by atoms with E-state index in [9.17, 15) is 18.5 Å². The average Bonchev–Trinajstić information content (AvgIpc) is 2.46. The number of hydrogen-bond acceptors (Lipinski definition) is 6. The molecule has 0 spiro atoms. The molecular formula is C12H19N3O5S. The van der Waals surface area contributed by atoms with Gasteiger partial charge in [-0.15, -0.1) is 0 Å². The highest BCUT2D eigenvalue weighted by atomic mass is 32.2. The van der Waals surface area contributed by atoms with Crippen LogP contribution in [0.25, 0.3) is 0 Å². The molecule has 9 heteroatoms. The number of benzene rings is 1. The molecule has 0 bridgehead atoms. The lowest BCUT2D eigenvalue weighted by atomic mass is 10.3. The molecule has 0 heterocycles. The Morgan fingerprint density at radius 1 is 1.38 bits per heavy atom. The van der Waals surface area contributed by atoms with Crippen molar-refractivity contribution in [2.45, 2.75) is 18.2 Å². The topological polar surface area (TPSA) is 111 Å². The minimum Gasteiger partial charge on any atom is -0.387 e. The molecule has 2 N–H and O–H groups in total. The molecule has 0 unspecified atom stereocenters. The van der Waals surface area contributed by atoms with Crippen LogP contribution in [0.5, 0.6) is 0 Å². The maximum Gasteiger partial charge on any atom is 0.271 e. The van der Waals surface area contributed by atoms with E-state index in [2.05, 4.69) is 10.0 Å². The lowest BCUT2D eigenvalue weighted by Gasteiger charge is -2.11. The minimum absolute atomic E-state index is 0.0213. The number of hydrogen-bond donors (Lipinski definition) is 2. The highest BCUT2D eigenvalue weighted by Gasteiger charge is 2.20. The second-order valence-corrected chi connectivity index (χ2v) is 5.87. The Hall–Kier alpha value is -1.71. The van der Waals surface area contributed by atoms with Gasteiger partial charge in [0.1, 0.15) is 4.90 Å². The second kappa shape index (κ2) is 7.91. The van der Waals surface area contributed by atoms with Gasteiger partial charge in [-0.1, -0.05) is 0 Å². The van der Waals surface area contributed by atoms with Crippen LogP contribution in [0.2, 0.25) is 0 Å². The molecule has 0 atom stereocenters. The zero-order valence-corrected chi connectivity index (χ0v) is 12.8. The predicted molar refractivity (Wildman–Crippen MR) is 78.9 cm³/mol. The largest absolute Gasteiger partial charge is 0.387 e. The van der Waals surface area contributed by atoms with Crippen molar-refractivity contribution in [2.75, 3.05) is 32.1 Å². The van der Waals surface area contributed by atoms with E-state index in [1.165, 1.54) is 19.2 Å². The number of nitro groups is 1. The second-order valence-electron chi connectivity index (χ2n) is 4.14. The van der Waals surface area contributed by atoms with Crippen LogP contribution in [-0.4, -0.2) is 40.1 Å². The first-order valence-corrected chi connectivity index (χ1v) is 7.94. The first-order valence-electron chi connectivity index (χ1n) is 6.46. The van der Waals surface area contributed by atoms with Crippen molar-refractivity contribution in [3.63, 3.8) is 0 Å². The summed E-state index contributed by atoms with van der Waals surface area (Å²) in [7, 11) is -2.22. The van der Waals surface area contributed by atoms with Gasteiger partial charge in [0.2, 0.25) is 10.0 Å². The third-order valence-electron chi connectivity index (χ3n) is 2.69. The van der Waals surface area contributed by atoms with E-state index in [0.29, 0.717) is 19.6 Å². The number of nitrogens with zero attached hydrogens (tertiary/aromatic N) is 1. The zero-order valence-electron chi connectivity index (χ0n) is 12.0. The Balaban J connectivity index is 2.85. The van der Waals surface area contributed by atoms with Crippen molar-refractivity contribution in [2.24, 2.45) is 0 Å². The van der Waals surface area contributed by atoms with E-state index in [0.717, 1.165) is 6.07 Å². The number of anilines is 1. The van der Waals surface area contributed by atoms with Crippen molar-refractivity contribution in [3.05, 3.63) is 28.3 Å². The van der Waals surface area contributed by atoms with E-state index in [-0.39, 0.29) is 22.8 Å². The number of ether oxygens (including phenoxy) is 1. The summed E-state index contributed by atoms with van der Waals surface area (Å²) in [5, 5.41) is 13.4. The summed E-state index contributed by atoms with van der Waals surface area (Å²) in [4.78, 5) is 10.1. The summed E-state index contributed by atoms with van der Waals surface area (Å²) in [6, 6.07) is 3.57. The number of nitro benzene ring substituents is 1. The van der Waals surface area contributed by atoms with Gasteiger partial charge in [-0.05, 0) is 19.4 Å². The smallest absolute Gasteiger partial charge is 0.271 e. The monoisotopic (exact) mass is 317 g/mol. The number of rotatable bonds is 9. The van der Waals surface area contributed by atoms with E-state index in [1.54, 1.807) is 0 Å². The number of nitrogens with one attached hydrogen (secondary N) is 2. The van der Waals surface area contributed by atoms with E-state index >= 15 is 0 Å². The van der Waals surface area contributed by atoms with Crippen LogP contribution in [0.3, 0.4) is 0 Å². The van der Waals surface area contributed by atoms with Crippen molar-refractivity contribution in [1.82, 2.24) is 4.72 Å². The maximum absolute atomic E-state index is 12.2. The zero-order chi connectivity index (χ0) is 15.9. The molecule has 1 aromatic rings. The summed E-state index contributed by atoms with van der Waals surface area (Å²) in [6.45, 7) is 3.15. The van der Waals surface area contributed by atoms with Crippen LogP contribution in [0, 0.1) is 10.1 Å². The Morgan fingerprint density at radius 2 is 2.10 bits per heavy atom. The van der Waals surface area contributed by atoms with Gasteiger partial charge in [-0.2, -0.15) is 0 Å². The molecule has 0 saturated carbocycles. The predicted octanol–water partition coefficient (Wildman–Crippen LogP) is 1.34. The summed E-state index contributed by atoms with van der Waals surface area (Å²) < 4.78 is 31.9. The summed E-state index contributed by atoms with van der Waals surface area (Å²) in [5.74, 6) is 0. The van der Waals surface area contributed by atoms with Crippen LogP contribution in [-0.2, 0) is 14.8 Å². The molecule has 0 saturated heterocycles. The first kappa shape index (κ1) is 17.3. The fourth-order valence-electron chi connectivity index (χ4n) is 1.66. The third kappa shape index (κ3) is 4.96. The lowest BCUT2D eigenvalue weighted by molar-refractivity contribution is -0.384.